The lowest BCUT2D eigenvalue weighted by Crippen LogP contribution is -2.04. The van der Waals surface area contributed by atoms with Crippen molar-refractivity contribution < 1.29 is 0 Å². The van der Waals surface area contributed by atoms with Gasteiger partial charge < -0.3 is 9.13 Å². The minimum absolute atomic E-state index is 0.523. The Hall–Kier alpha value is -9.36. The molecule has 4 aromatic heterocycles. The highest BCUT2D eigenvalue weighted by molar-refractivity contribution is 6.12. The second-order valence-electron chi connectivity index (χ2n) is 16.4. The summed E-state index contributed by atoms with van der Waals surface area (Å²) in [5.74, 6) is 0. The highest BCUT2D eigenvalue weighted by Gasteiger charge is 2.22. The zero-order valence-electron chi connectivity index (χ0n) is 35.5. The molecule has 0 aliphatic carbocycles. The second kappa shape index (κ2) is 15.8. The van der Waals surface area contributed by atoms with Crippen LogP contribution in [0.3, 0.4) is 0 Å². The Morgan fingerprint density at radius 1 is 0.394 bits per heavy atom. The predicted octanol–water partition coefficient (Wildman–Crippen LogP) is 15.4. The zero-order valence-corrected chi connectivity index (χ0v) is 35.5. The minimum Gasteiger partial charge on any atom is -0.309 e. The third-order valence-corrected chi connectivity index (χ3v) is 12.7. The average molecular weight is 841 g/mol. The number of pyridine rings is 2. The average Bonchev–Trinajstić information content (AvgIpc) is 3.91. The normalized spacial score (nSPS) is 11.3. The van der Waals surface area contributed by atoms with Gasteiger partial charge in [-0.25, -0.2) is 4.85 Å². The van der Waals surface area contributed by atoms with Crippen molar-refractivity contribution in [3.8, 4) is 73.3 Å². The molecule has 0 bridgehead atoms. The molecule has 0 atom stereocenters. The summed E-state index contributed by atoms with van der Waals surface area (Å²) >= 11 is 0. The van der Waals surface area contributed by atoms with Crippen LogP contribution in [0.5, 0.6) is 0 Å². The summed E-state index contributed by atoms with van der Waals surface area (Å²) in [5.41, 5.74) is 16.6. The maximum absolute atomic E-state index is 11.2. The minimum atomic E-state index is 0.523. The van der Waals surface area contributed by atoms with E-state index in [-0.39, 0.29) is 0 Å². The summed E-state index contributed by atoms with van der Waals surface area (Å²) in [7, 11) is 0. The van der Waals surface area contributed by atoms with Crippen LogP contribution in [0.4, 0.5) is 5.69 Å². The van der Waals surface area contributed by atoms with Crippen LogP contribution >= 0.6 is 0 Å². The largest absolute Gasteiger partial charge is 0.309 e. The molecule has 0 amide bonds. The molecule has 0 fully saturated rings. The fraction of sp³-hybridized carbons (Fsp3) is 0. The lowest BCUT2D eigenvalue weighted by molar-refractivity contribution is 1.14. The Kier molecular flexibility index (Phi) is 9.16. The number of para-hydroxylation sites is 2. The van der Waals surface area contributed by atoms with Crippen molar-refractivity contribution in [1.29, 1.82) is 5.26 Å². The summed E-state index contributed by atoms with van der Waals surface area (Å²) in [6, 6.07) is 73.2. The molecule has 4 heterocycles. The number of rotatable bonds is 7. The van der Waals surface area contributed by atoms with Gasteiger partial charge in [0.05, 0.1) is 57.0 Å². The van der Waals surface area contributed by atoms with Crippen molar-refractivity contribution in [3.63, 3.8) is 0 Å². The van der Waals surface area contributed by atoms with Crippen LogP contribution in [0, 0.1) is 17.9 Å². The molecule has 6 heteroatoms. The summed E-state index contributed by atoms with van der Waals surface area (Å²) in [6.07, 6.45) is 3.88. The van der Waals surface area contributed by atoms with Crippen molar-refractivity contribution >= 4 is 49.3 Å². The first-order valence-electron chi connectivity index (χ1n) is 21.8. The van der Waals surface area contributed by atoms with Gasteiger partial charge in [0, 0.05) is 61.8 Å². The maximum Gasteiger partial charge on any atom is 0.187 e. The first-order chi connectivity index (χ1) is 32.6. The Labute approximate surface area is 381 Å². The van der Waals surface area contributed by atoms with Crippen LogP contribution in [0.25, 0.3) is 116 Å². The summed E-state index contributed by atoms with van der Waals surface area (Å²) < 4.78 is 4.48. The van der Waals surface area contributed by atoms with E-state index in [1.54, 1.807) is 0 Å². The first kappa shape index (κ1) is 38.3. The topological polar surface area (TPSA) is 63.8 Å². The molecule has 0 saturated carbocycles. The molecule has 0 radical (unpaired) electrons. The van der Waals surface area contributed by atoms with E-state index in [4.69, 9.17) is 16.5 Å². The van der Waals surface area contributed by atoms with E-state index < -0.39 is 0 Å². The number of hydrogen-bond donors (Lipinski definition) is 0. The van der Waals surface area contributed by atoms with Gasteiger partial charge in [-0.2, -0.15) is 5.26 Å². The van der Waals surface area contributed by atoms with E-state index in [0.29, 0.717) is 11.3 Å². The van der Waals surface area contributed by atoms with E-state index in [1.807, 2.05) is 79.1 Å². The number of benzene rings is 8. The highest BCUT2D eigenvalue weighted by Crippen LogP contribution is 2.43. The molecule has 8 aromatic carbocycles. The molecule has 12 rings (SSSR count). The quantitative estimate of drug-likeness (QED) is 0.150. The number of fused-ring (bicyclic) bond motifs is 6. The molecule has 12 aromatic rings. The molecule has 66 heavy (non-hydrogen) atoms. The monoisotopic (exact) mass is 840 g/mol. The van der Waals surface area contributed by atoms with Crippen molar-refractivity contribution in [3.05, 3.63) is 236 Å². The van der Waals surface area contributed by atoms with Crippen LogP contribution in [0.15, 0.2) is 219 Å². The van der Waals surface area contributed by atoms with E-state index in [1.165, 1.54) is 0 Å². The fourth-order valence-corrected chi connectivity index (χ4v) is 9.52. The van der Waals surface area contributed by atoms with Gasteiger partial charge >= 0.3 is 0 Å². The van der Waals surface area contributed by atoms with Crippen LogP contribution < -0.4 is 0 Å². The van der Waals surface area contributed by atoms with Gasteiger partial charge in [0.2, 0.25) is 0 Å². The van der Waals surface area contributed by atoms with Gasteiger partial charge in [-0.15, -0.1) is 0 Å². The maximum atomic E-state index is 11.2. The predicted molar refractivity (Wildman–Crippen MR) is 269 cm³/mol. The molecule has 306 valence electrons. The van der Waals surface area contributed by atoms with E-state index in [9.17, 15) is 5.26 Å². The van der Waals surface area contributed by atoms with Gasteiger partial charge in [0.1, 0.15) is 6.07 Å². The first-order valence-corrected chi connectivity index (χ1v) is 21.8. The molecular weight excluding hydrogens is 805 g/mol. The Balaban J connectivity index is 1.04. The van der Waals surface area contributed by atoms with Crippen molar-refractivity contribution in [1.82, 2.24) is 19.1 Å². The third-order valence-electron chi connectivity index (χ3n) is 12.7. The highest BCUT2D eigenvalue weighted by atomic mass is 15.0. The van der Waals surface area contributed by atoms with E-state index >= 15 is 0 Å². The van der Waals surface area contributed by atoms with Crippen molar-refractivity contribution in [2.24, 2.45) is 0 Å². The Bertz CT molecular complexity index is 3920. The lowest BCUT2D eigenvalue weighted by atomic mass is 9.98. The van der Waals surface area contributed by atoms with Crippen LogP contribution in [0.2, 0.25) is 0 Å². The number of aromatic nitrogens is 4. The lowest BCUT2D eigenvalue weighted by Gasteiger charge is -2.19. The summed E-state index contributed by atoms with van der Waals surface area (Å²) in [5, 5.41) is 15.5. The van der Waals surface area contributed by atoms with Crippen LogP contribution in [-0.4, -0.2) is 19.1 Å². The van der Waals surface area contributed by atoms with E-state index in [2.05, 4.69) is 160 Å². The van der Waals surface area contributed by atoms with Gasteiger partial charge in [-0.3, -0.25) is 9.97 Å². The molecule has 0 aliphatic heterocycles. The smallest absolute Gasteiger partial charge is 0.187 e. The van der Waals surface area contributed by atoms with Crippen molar-refractivity contribution in [2.75, 3.05) is 0 Å². The van der Waals surface area contributed by atoms with Crippen LogP contribution in [0.1, 0.15) is 5.56 Å². The molecule has 6 nitrogen and oxygen atoms in total. The molecular formula is C60H36N6. The Morgan fingerprint density at radius 2 is 0.879 bits per heavy atom. The number of nitriles is 1. The Morgan fingerprint density at radius 3 is 1.39 bits per heavy atom. The third kappa shape index (κ3) is 6.41. The van der Waals surface area contributed by atoms with Gasteiger partial charge in [0.15, 0.2) is 5.69 Å². The number of nitrogens with zero attached hydrogens (tertiary/aromatic N) is 6. The van der Waals surface area contributed by atoms with E-state index in [0.717, 1.165) is 111 Å². The second-order valence-corrected chi connectivity index (χ2v) is 16.4. The molecule has 0 N–H and O–H groups in total. The van der Waals surface area contributed by atoms with Crippen LogP contribution in [-0.2, 0) is 0 Å². The van der Waals surface area contributed by atoms with Gasteiger partial charge in [-0.05, 0) is 83.4 Å². The summed E-state index contributed by atoms with van der Waals surface area (Å²) in [4.78, 5) is 13.5. The SMILES string of the molecule is [C-]#[N+]c1cccc(-c2cc(-n3c4ccccc4c4cc(-c5ccc(-c6ccccc6)nc5)ccc43)c(C#N)cc2-n2c3ccccc3c3cc(-c4ccc(-c5ccccc5)nc4)ccc32)c1. The van der Waals surface area contributed by atoms with Gasteiger partial charge in [0.25, 0.3) is 0 Å². The van der Waals surface area contributed by atoms with Crippen molar-refractivity contribution in [2.45, 2.75) is 0 Å². The number of hydrogen-bond acceptors (Lipinski definition) is 3. The molecule has 0 saturated heterocycles. The zero-order chi connectivity index (χ0) is 44.1. The molecule has 0 unspecified atom stereocenters. The van der Waals surface area contributed by atoms with Gasteiger partial charge in [-0.1, -0.05) is 140 Å². The molecule has 0 aliphatic rings. The summed E-state index contributed by atoms with van der Waals surface area (Å²) in [6.45, 7) is 7.95. The fourth-order valence-electron chi connectivity index (χ4n) is 9.52. The standard InChI is InChI=1S/C60H36N6/c1-62-47-18-12-17-43(31-47)50-35-59(65-55-21-10-8-19-48(55)51-32-41(25-29-57(51)65)44-23-27-53(63-37-44)39-13-4-2-5-14-39)46(36-61)34-60(50)66-56-22-11-9-20-49(56)52-33-42(26-30-58(52)66)45-24-28-54(64-38-45)40-15-6-3-7-16-40/h2-35,37-38H. The molecule has 0 spiro atoms.